The number of likely N-dealkylation sites (N-methyl/N-ethyl adjacent to an activating group) is 1. The van der Waals surface area contributed by atoms with E-state index < -0.39 is 17.2 Å². The Morgan fingerprint density at radius 1 is 1.27 bits per heavy atom. The Kier molecular flexibility index (Phi) is 4.93. The second-order valence-electron chi connectivity index (χ2n) is 5.86. The maximum Gasteiger partial charge on any atom is 0.232 e. The molecule has 0 unspecified atom stereocenters. The normalized spacial score (nSPS) is 12.1. The number of hydrogen-bond donors (Lipinski definition) is 1. The van der Waals surface area contributed by atoms with Gasteiger partial charge in [-0.3, -0.25) is 4.90 Å². The number of halogens is 2. The zero-order valence-electron chi connectivity index (χ0n) is 12.9. The molecular formula is C16H20F2N2O2. The van der Waals surface area contributed by atoms with Crippen molar-refractivity contribution in [3.8, 4) is 11.5 Å². The van der Waals surface area contributed by atoms with Gasteiger partial charge in [0, 0.05) is 13.1 Å². The number of oxazole rings is 1. The first-order valence-corrected chi connectivity index (χ1v) is 7.13. The minimum absolute atomic E-state index is 0.0788. The highest BCUT2D eigenvalue weighted by Gasteiger charge is 2.20. The van der Waals surface area contributed by atoms with Gasteiger partial charge in [-0.2, -0.15) is 0 Å². The van der Waals surface area contributed by atoms with Gasteiger partial charge in [0.1, 0.15) is 23.5 Å². The predicted molar refractivity (Wildman–Crippen MR) is 79.1 cm³/mol. The average Bonchev–Trinajstić information content (AvgIpc) is 2.84. The van der Waals surface area contributed by atoms with Gasteiger partial charge >= 0.3 is 0 Å². The van der Waals surface area contributed by atoms with Crippen LogP contribution >= 0.6 is 0 Å². The first kappa shape index (κ1) is 16.6. The van der Waals surface area contributed by atoms with Crippen molar-refractivity contribution in [2.75, 3.05) is 13.1 Å². The quantitative estimate of drug-likeness (QED) is 0.890. The molecule has 0 atom stereocenters. The van der Waals surface area contributed by atoms with Gasteiger partial charge in [0.05, 0.1) is 11.3 Å². The van der Waals surface area contributed by atoms with Crippen molar-refractivity contribution in [2.45, 2.75) is 32.9 Å². The fourth-order valence-electron chi connectivity index (χ4n) is 2.25. The van der Waals surface area contributed by atoms with Crippen LogP contribution in [0.15, 0.2) is 28.9 Å². The molecule has 6 heteroatoms. The Morgan fingerprint density at radius 2 is 1.91 bits per heavy atom. The van der Waals surface area contributed by atoms with Gasteiger partial charge < -0.3 is 9.52 Å². The maximum absolute atomic E-state index is 13.7. The Bertz CT molecular complexity index is 615. The Balaban J connectivity index is 2.18. The predicted octanol–water partition coefficient (Wildman–Crippen LogP) is 3.21. The molecule has 0 bridgehead atoms. The SMILES string of the molecule is CCN(Cc1coc(-c2c(F)cccc2F)n1)CC(C)(C)O. The maximum atomic E-state index is 13.7. The first-order valence-electron chi connectivity index (χ1n) is 7.13. The third-order valence-electron chi connectivity index (χ3n) is 3.17. The first-order chi connectivity index (χ1) is 10.3. The van der Waals surface area contributed by atoms with Crippen LogP contribution in [0.1, 0.15) is 26.5 Å². The van der Waals surface area contributed by atoms with E-state index in [4.69, 9.17) is 4.42 Å². The lowest BCUT2D eigenvalue weighted by Crippen LogP contribution is -2.38. The molecule has 0 saturated carbocycles. The highest BCUT2D eigenvalue weighted by Crippen LogP contribution is 2.25. The molecule has 22 heavy (non-hydrogen) atoms. The Labute approximate surface area is 128 Å². The molecule has 0 saturated heterocycles. The largest absolute Gasteiger partial charge is 0.444 e. The van der Waals surface area contributed by atoms with E-state index >= 15 is 0 Å². The van der Waals surface area contributed by atoms with E-state index in [-0.39, 0.29) is 11.5 Å². The van der Waals surface area contributed by atoms with E-state index in [1.54, 1.807) is 13.8 Å². The fraction of sp³-hybridized carbons (Fsp3) is 0.438. The van der Waals surface area contributed by atoms with Crippen LogP contribution in [0.25, 0.3) is 11.5 Å². The van der Waals surface area contributed by atoms with Crippen LogP contribution in [0.5, 0.6) is 0 Å². The molecule has 1 aromatic heterocycles. The molecule has 0 aliphatic rings. The lowest BCUT2D eigenvalue weighted by atomic mass is 10.1. The summed E-state index contributed by atoms with van der Waals surface area (Å²) in [4.78, 5) is 6.12. The molecule has 4 nitrogen and oxygen atoms in total. The smallest absolute Gasteiger partial charge is 0.232 e. The molecule has 1 N–H and O–H groups in total. The monoisotopic (exact) mass is 310 g/mol. The fourth-order valence-corrected chi connectivity index (χ4v) is 2.25. The number of aliphatic hydroxyl groups is 1. The van der Waals surface area contributed by atoms with E-state index in [0.717, 1.165) is 12.1 Å². The molecule has 0 amide bonds. The van der Waals surface area contributed by atoms with Gasteiger partial charge in [-0.05, 0) is 32.5 Å². The highest BCUT2D eigenvalue weighted by atomic mass is 19.1. The van der Waals surface area contributed by atoms with Crippen molar-refractivity contribution < 1.29 is 18.3 Å². The van der Waals surface area contributed by atoms with Crippen LogP contribution in [-0.4, -0.2) is 33.7 Å². The molecule has 0 aliphatic carbocycles. The summed E-state index contributed by atoms with van der Waals surface area (Å²) in [5, 5.41) is 9.87. The number of hydrogen-bond acceptors (Lipinski definition) is 4. The standard InChI is InChI=1S/C16H20F2N2O2/c1-4-20(10-16(2,3)21)8-11-9-22-15(19-11)14-12(17)6-5-7-13(14)18/h5-7,9,21H,4,8,10H2,1-3H3. The summed E-state index contributed by atoms with van der Waals surface area (Å²) in [6.07, 6.45) is 1.38. The van der Waals surface area contributed by atoms with Crippen molar-refractivity contribution in [3.63, 3.8) is 0 Å². The molecule has 120 valence electrons. The minimum Gasteiger partial charge on any atom is -0.444 e. The van der Waals surface area contributed by atoms with Gasteiger partial charge in [0.2, 0.25) is 5.89 Å². The molecule has 1 aromatic carbocycles. The minimum atomic E-state index is -0.833. The molecular weight excluding hydrogens is 290 g/mol. The molecule has 0 radical (unpaired) electrons. The molecule has 0 aliphatic heterocycles. The second kappa shape index (κ2) is 6.54. The molecule has 2 aromatic rings. The lowest BCUT2D eigenvalue weighted by molar-refractivity contribution is 0.0349. The van der Waals surface area contributed by atoms with Crippen LogP contribution < -0.4 is 0 Å². The topological polar surface area (TPSA) is 49.5 Å². The summed E-state index contributed by atoms with van der Waals surface area (Å²) in [5.74, 6) is -1.50. The summed E-state index contributed by atoms with van der Waals surface area (Å²) < 4.78 is 32.6. The number of nitrogens with zero attached hydrogens (tertiary/aromatic N) is 2. The molecule has 1 heterocycles. The molecule has 0 spiro atoms. The molecule has 0 fully saturated rings. The third kappa shape index (κ3) is 4.11. The zero-order chi connectivity index (χ0) is 16.3. The van der Waals surface area contributed by atoms with Crippen LogP contribution in [0.4, 0.5) is 8.78 Å². The van der Waals surface area contributed by atoms with Crippen molar-refractivity contribution >= 4 is 0 Å². The van der Waals surface area contributed by atoms with Crippen molar-refractivity contribution in [1.82, 2.24) is 9.88 Å². The van der Waals surface area contributed by atoms with E-state index in [9.17, 15) is 13.9 Å². The third-order valence-corrected chi connectivity index (χ3v) is 3.17. The van der Waals surface area contributed by atoms with E-state index in [2.05, 4.69) is 4.98 Å². The van der Waals surface area contributed by atoms with Crippen LogP contribution in [-0.2, 0) is 6.54 Å². The highest BCUT2D eigenvalue weighted by molar-refractivity contribution is 5.55. The average molecular weight is 310 g/mol. The molecule has 2 rings (SSSR count). The van der Waals surface area contributed by atoms with E-state index in [0.29, 0.717) is 25.3 Å². The number of rotatable bonds is 6. The zero-order valence-corrected chi connectivity index (χ0v) is 12.9. The number of benzene rings is 1. The summed E-state index contributed by atoms with van der Waals surface area (Å²) >= 11 is 0. The summed E-state index contributed by atoms with van der Waals surface area (Å²) in [5.41, 5.74) is -0.539. The van der Waals surface area contributed by atoms with Gasteiger partial charge in [0.25, 0.3) is 0 Å². The van der Waals surface area contributed by atoms with Crippen LogP contribution in [0, 0.1) is 11.6 Å². The van der Waals surface area contributed by atoms with Crippen molar-refractivity contribution in [3.05, 3.63) is 41.8 Å². The number of aromatic nitrogens is 1. The summed E-state index contributed by atoms with van der Waals surface area (Å²) in [6, 6.07) is 3.62. The summed E-state index contributed by atoms with van der Waals surface area (Å²) in [6.45, 7) is 7.00. The van der Waals surface area contributed by atoms with Gasteiger partial charge in [-0.1, -0.05) is 13.0 Å². The summed E-state index contributed by atoms with van der Waals surface area (Å²) in [7, 11) is 0. The van der Waals surface area contributed by atoms with Crippen molar-refractivity contribution in [2.24, 2.45) is 0 Å². The van der Waals surface area contributed by atoms with E-state index in [1.807, 2.05) is 11.8 Å². The van der Waals surface area contributed by atoms with Crippen molar-refractivity contribution in [1.29, 1.82) is 0 Å². The lowest BCUT2D eigenvalue weighted by Gasteiger charge is -2.27. The van der Waals surface area contributed by atoms with Gasteiger partial charge in [-0.25, -0.2) is 13.8 Å². The Morgan fingerprint density at radius 3 is 2.45 bits per heavy atom. The Hall–Kier alpha value is -1.79. The van der Waals surface area contributed by atoms with Gasteiger partial charge in [0.15, 0.2) is 0 Å². The second-order valence-corrected chi connectivity index (χ2v) is 5.86. The van der Waals surface area contributed by atoms with Crippen LogP contribution in [0.3, 0.4) is 0 Å². The van der Waals surface area contributed by atoms with E-state index in [1.165, 1.54) is 12.3 Å². The van der Waals surface area contributed by atoms with Gasteiger partial charge in [-0.15, -0.1) is 0 Å². The van der Waals surface area contributed by atoms with Crippen LogP contribution in [0.2, 0.25) is 0 Å².